The van der Waals surface area contributed by atoms with Crippen LogP contribution in [0.15, 0.2) is 0 Å². The van der Waals surface area contributed by atoms with Crippen LogP contribution in [0.3, 0.4) is 0 Å². The molecule has 0 heterocycles. The molecular weight excluding hydrogens is 682 g/mol. The molecule has 0 bridgehead atoms. The average Bonchev–Trinajstić information content (AvgIpc) is 2.51. The summed E-state index contributed by atoms with van der Waals surface area (Å²) in [5, 5.41) is 0. The zero-order valence-electron chi connectivity index (χ0n) is 17.0. The first-order valence-electron chi connectivity index (χ1n) is 7.97. The van der Waals surface area contributed by atoms with Gasteiger partial charge in [-0.15, -0.1) is 0 Å². The van der Waals surface area contributed by atoms with Gasteiger partial charge in [0, 0.05) is 0 Å². The van der Waals surface area contributed by atoms with Crippen LogP contribution in [0, 0.1) is 0 Å². The van der Waals surface area contributed by atoms with Gasteiger partial charge in [-0.2, -0.15) is 0 Å². The summed E-state index contributed by atoms with van der Waals surface area (Å²) in [6.07, 6.45) is -19.3. The van der Waals surface area contributed by atoms with Crippen LogP contribution >= 0.6 is 46.9 Å². The quantitative estimate of drug-likeness (QED) is 0.0675. The van der Waals surface area contributed by atoms with Crippen LogP contribution in [0.4, 0.5) is 0 Å². The Morgan fingerprint density at radius 1 is 0.378 bits per heavy atom. The van der Waals surface area contributed by atoms with Crippen LogP contribution in [0.25, 0.3) is 0 Å². The number of rotatable bonds is 12. The van der Waals surface area contributed by atoms with Crippen molar-refractivity contribution in [2.24, 2.45) is 0 Å². The Hall–Kier alpha value is 1.92. The fourth-order valence-corrected chi connectivity index (χ4v) is 6.11. The van der Waals surface area contributed by atoms with E-state index in [1.807, 2.05) is 0 Å². The minimum Gasteiger partial charge on any atom is -0.790 e. The van der Waals surface area contributed by atoms with Gasteiger partial charge < -0.3 is 67.8 Å². The first kappa shape index (κ1) is 38.9. The maximum Gasteiger partial charge on any atom is 2.00 e. The van der Waals surface area contributed by atoms with Gasteiger partial charge in [0.25, 0.3) is 0 Å². The van der Waals surface area contributed by atoms with Gasteiger partial charge in [-0.1, -0.05) is 0 Å². The van der Waals surface area contributed by atoms with Gasteiger partial charge in [-0.25, -0.2) is 22.8 Å². The molecule has 1 aliphatic carbocycles. The Kier molecular flexibility index (Phi) is 14.2. The largest absolute Gasteiger partial charge is 2.00 e. The van der Waals surface area contributed by atoms with Crippen LogP contribution < -0.4 is 9.79 Å². The van der Waals surface area contributed by atoms with Crippen molar-refractivity contribution >= 4 is 84.7 Å². The van der Waals surface area contributed by atoms with E-state index in [2.05, 4.69) is 27.1 Å². The Balaban J connectivity index is 0.0000130. The van der Waals surface area contributed by atoms with Gasteiger partial charge in [0.05, 0.1) is 7.82 Å². The molecule has 0 aromatic heterocycles. The third kappa shape index (κ3) is 15.6. The predicted octanol–water partition coefficient (Wildman–Crippen LogP) is -4.78. The molecule has 10 N–H and O–H groups in total. The zero-order valence-corrected chi connectivity index (χ0v) is 24.6. The molecule has 0 amide bonds. The van der Waals surface area contributed by atoms with Crippen molar-refractivity contribution in [2.45, 2.75) is 36.6 Å². The summed E-state index contributed by atoms with van der Waals surface area (Å²) in [5.41, 5.74) is 0. The molecule has 0 saturated heterocycles. The summed E-state index contributed by atoms with van der Waals surface area (Å²) in [6.45, 7) is 0. The predicted molar refractivity (Wildman–Crippen MR) is 103 cm³/mol. The van der Waals surface area contributed by atoms with Gasteiger partial charge in [0.1, 0.15) is 36.6 Å². The molecule has 1 fully saturated rings. The van der Waals surface area contributed by atoms with Crippen molar-refractivity contribution in [1.29, 1.82) is 0 Å². The Bertz CT molecular complexity index is 824. The topological polar surface area (TPSA) is 406 Å². The molecule has 0 radical (unpaired) electrons. The van der Waals surface area contributed by atoms with Gasteiger partial charge in [0.2, 0.25) is 0 Å². The minimum absolute atomic E-state index is 0. The van der Waals surface area contributed by atoms with E-state index in [9.17, 15) is 37.2 Å². The van der Waals surface area contributed by atoms with Crippen LogP contribution in [0.2, 0.25) is 0 Å². The molecule has 24 nitrogen and oxygen atoms in total. The van der Waals surface area contributed by atoms with Crippen molar-refractivity contribution in [1.82, 2.24) is 0 Å². The van der Waals surface area contributed by atoms with Crippen LogP contribution in [-0.4, -0.2) is 123 Å². The molecule has 1 aliphatic rings. The number of hydrogen-bond donors (Lipinski definition) is 10. The maximum absolute atomic E-state index is 11.4. The van der Waals surface area contributed by atoms with E-state index >= 15 is 0 Å². The fraction of sp³-hybridized carbons (Fsp3) is 1.00. The van der Waals surface area contributed by atoms with Gasteiger partial charge in [-0.3, -0.25) is 22.6 Å². The van der Waals surface area contributed by atoms with Crippen LogP contribution in [-0.2, 0) is 54.5 Å². The van der Waals surface area contributed by atoms with E-state index in [0.29, 0.717) is 0 Å². The number of hydrogen-bond acceptors (Lipinski definition) is 14. The van der Waals surface area contributed by atoms with Crippen molar-refractivity contribution in [3.63, 3.8) is 0 Å². The first-order chi connectivity index (χ1) is 15.6. The molecule has 1 rings (SSSR count). The maximum atomic E-state index is 11.4. The summed E-state index contributed by atoms with van der Waals surface area (Å²) in [4.78, 5) is 114. The fourth-order valence-electron chi connectivity index (χ4n) is 2.78. The Morgan fingerprint density at radius 3 is 0.622 bits per heavy atom. The molecule has 6 atom stereocenters. The summed E-state index contributed by atoms with van der Waals surface area (Å²) in [7, 11) is -36.8. The van der Waals surface area contributed by atoms with E-state index in [0.717, 1.165) is 0 Å². The molecule has 0 spiro atoms. The monoisotopic (exact) mass is 698 g/mol. The van der Waals surface area contributed by atoms with Crippen molar-refractivity contribution in [3.8, 4) is 0 Å². The number of phosphoric acid groups is 6. The molecule has 1 saturated carbocycles. The molecular formula is C6H16CaO24P6. The third-order valence-electron chi connectivity index (χ3n) is 3.49. The van der Waals surface area contributed by atoms with Crippen LogP contribution in [0.5, 0.6) is 0 Å². The summed E-state index contributed by atoms with van der Waals surface area (Å²) >= 11 is 0. The average molecular weight is 698 g/mol. The van der Waals surface area contributed by atoms with E-state index in [-0.39, 0.29) is 37.7 Å². The third-order valence-corrected chi connectivity index (χ3v) is 6.58. The molecule has 0 aliphatic heterocycles. The van der Waals surface area contributed by atoms with E-state index < -0.39 is 83.6 Å². The molecule has 2 unspecified atom stereocenters. The van der Waals surface area contributed by atoms with E-state index in [1.165, 1.54) is 0 Å². The SMILES string of the molecule is O=P([O-])([O-])OC1[C@H](OP(=O)(O)O)[C@H](OP(=O)(O)O)C(OP(=O)(O)O)[C@H](OP(=O)(O)O)[C@H]1OP(=O)(O)O.[Ca+2]. The summed E-state index contributed by atoms with van der Waals surface area (Å²) < 4.78 is 92.3. The Labute approximate surface area is 233 Å². The second-order valence-corrected chi connectivity index (χ2v) is 13.4. The second-order valence-electron chi connectivity index (χ2n) is 6.32. The second kappa shape index (κ2) is 13.5. The molecule has 37 heavy (non-hydrogen) atoms. The number of phosphoric ester groups is 6. The van der Waals surface area contributed by atoms with E-state index in [4.69, 9.17) is 48.9 Å². The van der Waals surface area contributed by atoms with Crippen LogP contribution in [0.1, 0.15) is 0 Å². The molecule has 31 heteroatoms. The molecule has 0 aromatic carbocycles. The van der Waals surface area contributed by atoms with E-state index in [1.54, 1.807) is 0 Å². The Morgan fingerprint density at radius 2 is 0.514 bits per heavy atom. The van der Waals surface area contributed by atoms with Gasteiger partial charge >= 0.3 is 76.9 Å². The molecule has 216 valence electrons. The summed E-state index contributed by atoms with van der Waals surface area (Å²) in [5.74, 6) is 0. The molecule has 0 aromatic rings. The van der Waals surface area contributed by atoms with Crippen molar-refractivity contribution in [3.05, 3.63) is 0 Å². The van der Waals surface area contributed by atoms with Gasteiger partial charge in [0.15, 0.2) is 0 Å². The zero-order chi connectivity index (χ0) is 28.7. The van der Waals surface area contributed by atoms with Gasteiger partial charge in [-0.05, 0) is 0 Å². The standard InChI is InChI=1S/C6H18O24P6.Ca/c7-31(8,9)25-1-2(26-32(10,11)12)4(28-34(16,17)18)6(30-36(22,23)24)5(29-35(19,20)21)3(1)27-33(13,14)15;/h1-6H,(H2,7,8,9)(H2,10,11,12)(H2,13,14,15)(H2,16,17,18)(H2,19,20,21)(H2,22,23,24);/q;+2/p-2/t1-,2-,3?,4?,5-,6+;/m1./s1. The smallest absolute Gasteiger partial charge is 0.790 e. The minimum atomic E-state index is -6.52. The normalized spacial score (nSPS) is 28.5. The van der Waals surface area contributed by atoms with Crippen molar-refractivity contribution in [2.75, 3.05) is 0 Å². The summed E-state index contributed by atoms with van der Waals surface area (Å²) in [6, 6.07) is 0. The first-order valence-corrected chi connectivity index (χ1v) is 17.1. The van der Waals surface area contributed by atoms with Crippen molar-refractivity contribution < 1.29 is 113 Å².